The minimum Gasteiger partial charge on any atom is -0.396 e. The minimum atomic E-state index is 0.785. The highest BCUT2D eigenvalue weighted by molar-refractivity contribution is 7.99. The van der Waals surface area contributed by atoms with Crippen LogP contribution in [0.4, 0.5) is 11.5 Å². The first-order valence-electron chi connectivity index (χ1n) is 6.57. The van der Waals surface area contributed by atoms with Gasteiger partial charge in [0.1, 0.15) is 0 Å². The number of aromatic nitrogens is 1. The van der Waals surface area contributed by atoms with Gasteiger partial charge in [0.15, 0.2) is 5.82 Å². The van der Waals surface area contributed by atoms with Crippen molar-refractivity contribution in [1.82, 2.24) is 9.88 Å². The molecule has 4 nitrogen and oxygen atoms in total. The zero-order valence-corrected chi connectivity index (χ0v) is 11.8. The maximum atomic E-state index is 5.96. The third kappa shape index (κ3) is 3.53. The molecule has 0 saturated carbocycles. The summed E-state index contributed by atoms with van der Waals surface area (Å²) in [7, 11) is 0. The van der Waals surface area contributed by atoms with Crippen molar-refractivity contribution in [1.29, 1.82) is 0 Å². The van der Waals surface area contributed by atoms with Crippen LogP contribution in [0.5, 0.6) is 0 Å². The van der Waals surface area contributed by atoms with Gasteiger partial charge in [-0.1, -0.05) is 6.92 Å². The third-order valence-corrected chi connectivity index (χ3v) is 4.12. The molecule has 18 heavy (non-hydrogen) atoms. The second-order valence-corrected chi connectivity index (χ2v) is 5.84. The molecular weight excluding hydrogens is 244 g/mol. The van der Waals surface area contributed by atoms with Crippen molar-refractivity contribution in [2.45, 2.75) is 6.92 Å². The van der Waals surface area contributed by atoms with Crippen LogP contribution in [0.15, 0.2) is 18.3 Å². The highest BCUT2D eigenvalue weighted by Crippen LogP contribution is 2.20. The van der Waals surface area contributed by atoms with E-state index in [1.165, 1.54) is 18.1 Å². The molecule has 1 saturated heterocycles. The molecule has 100 valence electrons. The van der Waals surface area contributed by atoms with Gasteiger partial charge < -0.3 is 10.6 Å². The summed E-state index contributed by atoms with van der Waals surface area (Å²) in [5, 5.41) is 0. The lowest BCUT2D eigenvalue weighted by molar-refractivity contribution is 0.273. The van der Waals surface area contributed by atoms with Crippen LogP contribution in [-0.4, -0.2) is 54.1 Å². The van der Waals surface area contributed by atoms with Crippen LogP contribution in [0.3, 0.4) is 0 Å². The van der Waals surface area contributed by atoms with Crippen molar-refractivity contribution < 1.29 is 0 Å². The number of hydrogen-bond acceptors (Lipinski definition) is 5. The van der Waals surface area contributed by atoms with Gasteiger partial charge in [-0.25, -0.2) is 4.98 Å². The molecule has 0 amide bonds. The molecule has 0 radical (unpaired) electrons. The van der Waals surface area contributed by atoms with Gasteiger partial charge in [-0.3, -0.25) is 4.90 Å². The molecule has 0 spiro atoms. The summed E-state index contributed by atoms with van der Waals surface area (Å²) in [5.74, 6) is 3.40. The molecule has 0 bridgehead atoms. The number of anilines is 2. The van der Waals surface area contributed by atoms with Crippen LogP contribution in [-0.2, 0) is 0 Å². The molecule has 0 atom stereocenters. The van der Waals surface area contributed by atoms with Gasteiger partial charge in [-0.15, -0.1) is 0 Å². The van der Waals surface area contributed by atoms with E-state index in [0.717, 1.165) is 37.7 Å². The van der Waals surface area contributed by atoms with Crippen LogP contribution < -0.4 is 10.6 Å². The molecule has 1 aromatic rings. The zero-order valence-electron chi connectivity index (χ0n) is 11.0. The number of nitrogens with two attached hydrogens (primary N) is 1. The molecule has 1 aliphatic heterocycles. The predicted octanol–water partition coefficient (Wildman–Crippen LogP) is 1.54. The fourth-order valence-corrected chi connectivity index (χ4v) is 2.87. The van der Waals surface area contributed by atoms with Crippen molar-refractivity contribution in [3.63, 3.8) is 0 Å². The first-order chi connectivity index (χ1) is 8.81. The van der Waals surface area contributed by atoms with E-state index in [9.17, 15) is 0 Å². The van der Waals surface area contributed by atoms with Gasteiger partial charge in [0, 0.05) is 44.7 Å². The molecule has 0 aromatic carbocycles. The second-order valence-electron chi connectivity index (χ2n) is 4.44. The molecule has 2 rings (SSSR count). The summed E-state index contributed by atoms with van der Waals surface area (Å²) < 4.78 is 0. The Labute approximate surface area is 114 Å². The largest absolute Gasteiger partial charge is 0.396 e. The molecule has 1 aliphatic rings. The van der Waals surface area contributed by atoms with Crippen molar-refractivity contribution in [3.05, 3.63) is 18.3 Å². The molecule has 2 heterocycles. The first kappa shape index (κ1) is 13.5. The summed E-state index contributed by atoms with van der Waals surface area (Å²) in [6, 6.07) is 3.81. The van der Waals surface area contributed by atoms with Crippen LogP contribution >= 0.6 is 11.8 Å². The van der Waals surface area contributed by atoms with Crippen molar-refractivity contribution in [2.75, 3.05) is 54.9 Å². The molecule has 1 fully saturated rings. The Balaban J connectivity index is 1.81. The molecular formula is C13H22N4S. The molecule has 0 aliphatic carbocycles. The maximum Gasteiger partial charge on any atom is 0.151 e. The zero-order chi connectivity index (χ0) is 12.8. The highest BCUT2D eigenvalue weighted by atomic mass is 32.2. The summed E-state index contributed by atoms with van der Waals surface area (Å²) in [6.07, 6.45) is 1.82. The van der Waals surface area contributed by atoms with E-state index < -0.39 is 0 Å². The van der Waals surface area contributed by atoms with E-state index in [1.54, 1.807) is 0 Å². The summed E-state index contributed by atoms with van der Waals surface area (Å²) in [4.78, 5) is 9.20. The Hall–Kier alpha value is -0.940. The number of nitrogens with zero attached hydrogens (tertiary/aromatic N) is 3. The van der Waals surface area contributed by atoms with Crippen molar-refractivity contribution in [2.24, 2.45) is 0 Å². The second kappa shape index (κ2) is 6.85. The Morgan fingerprint density at radius 2 is 2.11 bits per heavy atom. The molecule has 2 N–H and O–H groups in total. The Bertz CT molecular complexity index is 364. The van der Waals surface area contributed by atoms with Crippen molar-refractivity contribution >= 4 is 23.3 Å². The monoisotopic (exact) mass is 266 g/mol. The lowest BCUT2D eigenvalue weighted by atomic mass is 10.3. The average Bonchev–Trinajstić information content (AvgIpc) is 2.41. The van der Waals surface area contributed by atoms with Crippen LogP contribution in [0, 0.1) is 0 Å². The topological polar surface area (TPSA) is 45.4 Å². The molecule has 0 unspecified atom stereocenters. The van der Waals surface area contributed by atoms with Gasteiger partial charge in [0.05, 0.1) is 5.69 Å². The van der Waals surface area contributed by atoms with Crippen LogP contribution in [0.1, 0.15) is 6.92 Å². The van der Waals surface area contributed by atoms with E-state index in [-0.39, 0.29) is 0 Å². The smallest absolute Gasteiger partial charge is 0.151 e. The predicted molar refractivity (Wildman–Crippen MR) is 80.3 cm³/mol. The van der Waals surface area contributed by atoms with Crippen LogP contribution in [0.2, 0.25) is 0 Å². The summed E-state index contributed by atoms with van der Waals surface area (Å²) >= 11 is 2.01. The Morgan fingerprint density at radius 3 is 2.78 bits per heavy atom. The number of rotatable bonds is 5. The molecule has 5 heteroatoms. The number of thioether (sulfide) groups is 1. The molecule has 1 aromatic heterocycles. The lowest BCUT2D eigenvalue weighted by Crippen LogP contribution is -2.47. The maximum absolute atomic E-state index is 5.96. The minimum absolute atomic E-state index is 0.785. The van der Waals surface area contributed by atoms with Gasteiger partial charge in [-0.2, -0.15) is 11.8 Å². The Kier molecular flexibility index (Phi) is 5.13. The highest BCUT2D eigenvalue weighted by Gasteiger charge is 2.18. The fraction of sp³-hybridized carbons (Fsp3) is 0.615. The Morgan fingerprint density at radius 1 is 1.33 bits per heavy atom. The number of piperazine rings is 1. The van der Waals surface area contributed by atoms with Gasteiger partial charge in [0.25, 0.3) is 0 Å². The van der Waals surface area contributed by atoms with Gasteiger partial charge in [-0.05, 0) is 17.9 Å². The number of hydrogen-bond donors (Lipinski definition) is 1. The number of pyridine rings is 1. The van der Waals surface area contributed by atoms with Crippen molar-refractivity contribution in [3.8, 4) is 0 Å². The fourth-order valence-electron chi connectivity index (χ4n) is 2.19. The average molecular weight is 266 g/mol. The SMILES string of the molecule is CCSCCN1CCN(c2ncccc2N)CC1. The van der Waals surface area contributed by atoms with Gasteiger partial charge in [0.2, 0.25) is 0 Å². The number of nitrogen functional groups attached to an aromatic ring is 1. The quantitative estimate of drug-likeness (QED) is 0.819. The van der Waals surface area contributed by atoms with E-state index in [2.05, 4.69) is 21.7 Å². The standard InChI is InChI=1S/C13H22N4S/c1-2-18-11-10-16-6-8-17(9-7-16)13-12(14)4-3-5-15-13/h3-5H,2,6-11,14H2,1H3. The van der Waals surface area contributed by atoms with E-state index in [4.69, 9.17) is 5.73 Å². The van der Waals surface area contributed by atoms with Crippen LogP contribution in [0.25, 0.3) is 0 Å². The lowest BCUT2D eigenvalue weighted by Gasteiger charge is -2.35. The van der Waals surface area contributed by atoms with E-state index >= 15 is 0 Å². The summed E-state index contributed by atoms with van der Waals surface area (Å²) in [5.41, 5.74) is 6.75. The first-order valence-corrected chi connectivity index (χ1v) is 7.72. The van der Waals surface area contributed by atoms with Gasteiger partial charge >= 0.3 is 0 Å². The van der Waals surface area contributed by atoms with E-state index in [0.29, 0.717) is 0 Å². The summed E-state index contributed by atoms with van der Waals surface area (Å²) in [6.45, 7) is 7.69. The van der Waals surface area contributed by atoms with E-state index in [1.807, 2.05) is 30.1 Å². The third-order valence-electron chi connectivity index (χ3n) is 3.24. The normalized spacial score (nSPS) is 17.1.